The number of ketones is 1. The van der Waals surface area contributed by atoms with E-state index in [0.717, 1.165) is 0 Å². The van der Waals surface area contributed by atoms with Crippen molar-refractivity contribution in [3.63, 3.8) is 0 Å². The lowest BCUT2D eigenvalue weighted by Crippen LogP contribution is -2.70. The van der Waals surface area contributed by atoms with E-state index < -0.39 is 47.5 Å². The highest BCUT2D eigenvalue weighted by Gasteiger charge is 2.83. The summed E-state index contributed by atoms with van der Waals surface area (Å²) >= 11 is 0. The molecule has 0 aromatic heterocycles. The summed E-state index contributed by atoms with van der Waals surface area (Å²) in [6.45, 7) is 3.55. The molecule has 2 heterocycles. The van der Waals surface area contributed by atoms with E-state index in [1.165, 1.54) is 0 Å². The molecule has 6 nitrogen and oxygen atoms in total. The first-order valence-electron chi connectivity index (χ1n) is 7.33. The van der Waals surface area contributed by atoms with Gasteiger partial charge < -0.3 is 24.8 Å². The van der Waals surface area contributed by atoms with Gasteiger partial charge in [0.25, 0.3) is 0 Å². The molecular formula is C15H20O6. The molecule has 0 aromatic carbocycles. The highest BCUT2D eigenvalue weighted by atomic mass is 16.6. The third-order valence-corrected chi connectivity index (χ3v) is 6.43. The van der Waals surface area contributed by atoms with Crippen LogP contribution in [0.15, 0.2) is 11.6 Å². The second-order valence-electron chi connectivity index (χ2n) is 7.07. The minimum Gasteiger partial charge on any atom is -0.396 e. The molecule has 2 saturated heterocycles. The maximum atomic E-state index is 12.3. The summed E-state index contributed by atoms with van der Waals surface area (Å²) in [5.74, 6) is -0.388. The normalized spacial score (nSPS) is 58.1. The van der Waals surface area contributed by atoms with E-state index in [-0.39, 0.29) is 5.78 Å². The van der Waals surface area contributed by atoms with Crippen LogP contribution in [0.25, 0.3) is 0 Å². The SMILES string of the molecule is CC1=C[C@H]2O[C@@H]3[C@H](O)CC(C)(C34CO4)[C@@]2(CO)[C@H](O)C1=O. The zero-order chi connectivity index (χ0) is 15.2. The second kappa shape index (κ2) is 3.75. The minimum atomic E-state index is -1.35. The van der Waals surface area contributed by atoms with Crippen molar-refractivity contribution >= 4 is 5.78 Å². The van der Waals surface area contributed by atoms with Gasteiger partial charge in [-0.15, -0.1) is 0 Å². The van der Waals surface area contributed by atoms with E-state index >= 15 is 0 Å². The van der Waals surface area contributed by atoms with Gasteiger partial charge in [0.15, 0.2) is 5.78 Å². The maximum Gasteiger partial charge on any atom is 0.187 e. The number of carbonyl (C=O) groups excluding carboxylic acids is 1. The first kappa shape index (κ1) is 13.8. The van der Waals surface area contributed by atoms with Gasteiger partial charge in [-0.05, 0) is 25.0 Å². The molecule has 6 heteroatoms. The predicted molar refractivity (Wildman–Crippen MR) is 70.4 cm³/mol. The third kappa shape index (κ3) is 1.22. The molecule has 0 aromatic rings. The number of hydrogen-bond donors (Lipinski definition) is 3. The van der Waals surface area contributed by atoms with Crippen molar-refractivity contribution < 1.29 is 29.6 Å². The van der Waals surface area contributed by atoms with Crippen LogP contribution in [0.3, 0.4) is 0 Å². The lowest BCUT2D eigenvalue weighted by molar-refractivity contribution is -0.244. The van der Waals surface area contributed by atoms with Crippen molar-refractivity contribution in [3.05, 3.63) is 11.6 Å². The summed E-state index contributed by atoms with van der Waals surface area (Å²) in [5, 5.41) is 31.1. The van der Waals surface area contributed by atoms with E-state index in [0.29, 0.717) is 18.6 Å². The van der Waals surface area contributed by atoms with Gasteiger partial charge in [-0.25, -0.2) is 0 Å². The Hall–Kier alpha value is -0.790. The zero-order valence-electron chi connectivity index (χ0n) is 12.1. The number of aliphatic hydroxyl groups is 3. The van der Waals surface area contributed by atoms with Crippen molar-refractivity contribution in [2.24, 2.45) is 10.8 Å². The van der Waals surface area contributed by atoms with Crippen LogP contribution in [-0.2, 0) is 14.3 Å². The summed E-state index contributed by atoms with van der Waals surface area (Å²) in [5.41, 5.74) is -2.16. The van der Waals surface area contributed by atoms with Gasteiger partial charge in [0, 0.05) is 5.41 Å². The number of hydrogen-bond acceptors (Lipinski definition) is 6. The van der Waals surface area contributed by atoms with Crippen LogP contribution in [0, 0.1) is 10.8 Å². The van der Waals surface area contributed by atoms with Crippen LogP contribution in [0.2, 0.25) is 0 Å². The Morgan fingerprint density at radius 1 is 1.43 bits per heavy atom. The number of epoxide rings is 1. The monoisotopic (exact) mass is 296 g/mol. The molecule has 21 heavy (non-hydrogen) atoms. The molecule has 2 aliphatic carbocycles. The second-order valence-corrected chi connectivity index (χ2v) is 7.07. The number of carbonyl (C=O) groups is 1. The Bertz CT molecular complexity index is 552. The van der Waals surface area contributed by atoms with Gasteiger partial charge in [0.2, 0.25) is 0 Å². The van der Waals surface area contributed by atoms with E-state index in [1.807, 2.05) is 6.92 Å². The Morgan fingerprint density at radius 2 is 2.10 bits per heavy atom. The molecule has 0 amide bonds. The quantitative estimate of drug-likeness (QED) is 0.546. The summed E-state index contributed by atoms with van der Waals surface area (Å²) < 4.78 is 11.6. The molecule has 1 saturated carbocycles. The average Bonchev–Trinajstić information content (AvgIpc) is 3.20. The lowest BCUT2D eigenvalue weighted by atomic mass is 9.50. The third-order valence-electron chi connectivity index (χ3n) is 6.43. The Kier molecular flexibility index (Phi) is 2.47. The van der Waals surface area contributed by atoms with Crippen LogP contribution >= 0.6 is 0 Å². The fourth-order valence-corrected chi connectivity index (χ4v) is 5.02. The lowest BCUT2D eigenvalue weighted by Gasteiger charge is -2.58. The molecule has 3 fully saturated rings. The Morgan fingerprint density at radius 3 is 2.67 bits per heavy atom. The van der Waals surface area contributed by atoms with Gasteiger partial charge in [0.05, 0.1) is 30.8 Å². The molecule has 4 aliphatic rings. The van der Waals surface area contributed by atoms with Crippen LogP contribution in [-0.4, -0.2) is 64.3 Å². The van der Waals surface area contributed by atoms with E-state index in [2.05, 4.69) is 0 Å². The smallest absolute Gasteiger partial charge is 0.187 e. The van der Waals surface area contributed by atoms with Crippen LogP contribution < -0.4 is 0 Å². The highest BCUT2D eigenvalue weighted by Crippen LogP contribution is 2.70. The van der Waals surface area contributed by atoms with Crippen molar-refractivity contribution in [1.82, 2.24) is 0 Å². The Balaban J connectivity index is 1.95. The number of ether oxygens (including phenoxy) is 2. The van der Waals surface area contributed by atoms with Gasteiger partial charge in [-0.1, -0.05) is 6.92 Å². The minimum absolute atomic E-state index is 0.339. The van der Waals surface area contributed by atoms with Crippen molar-refractivity contribution in [2.45, 2.75) is 50.3 Å². The number of aliphatic hydroxyl groups excluding tert-OH is 3. The Labute approximate surface area is 122 Å². The topological polar surface area (TPSA) is 99.5 Å². The largest absolute Gasteiger partial charge is 0.396 e. The predicted octanol–water partition coefficient (Wildman–Crippen LogP) is -0.838. The van der Waals surface area contributed by atoms with Crippen molar-refractivity contribution in [2.75, 3.05) is 13.2 Å². The molecule has 2 unspecified atom stereocenters. The molecule has 2 aliphatic heterocycles. The molecule has 116 valence electrons. The molecule has 4 rings (SSSR count). The summed E-state index contributed by atoms with van der Waals surface area (Å²) in [6, 6.07) is 0. The average molecular weight is 296 g/mol. The first-order valence-corrected chi connectivity index (χ1v) is 7.33. The molecule has 0 radical (unpaired) electrons. The van der Waals surface area contributed by atoms with Crippen molar-refractivity contribution in [1.29, 1.82) is 0 Å². The summed E-state index contributed by atoms with van der Waals surface area (Å²) in [4.78, 5) is 12.3. The molecular weight excluding hydrogens is 276 g/mol. The molecule has 2 bridgehead atoms. The van der Waals surface area contributed by atoms with Gasteiger partial charge in [-0.3, -0.25) is 4.79 Å². The van der Waals surface area contributed by atoms with Crippen molar-refractivity contribution in [3.8, 4) is 0 Å². The fourth-order valence-electron chi connectivity index (χ4n) is 5.02. The number of Topliss-reactive ketones (excluding diaryl/α,β-unsaturated/α-hetero) is 1. The van der Waals surface area contributed by atoms with Gasteiger partial charge in [0.1, 0.15) is 17.8 Å². The molecule has 3 N–H and O–H groups in total. The van der Waals surface area contributed by atoms with E-state index in [1.54, 1.807) is 13.0 Å². The highest BCUT2D eigenvalue weighted by molar-refractivity contribution is 6.00. The number of fused-ring (bicyclic) bond motifs is 2. The maximum absolute atomic E-state index is 12.3. The first-order chi connectivity index (χ1) is 9.84. The fraction of sp³-hybridized carbons (Fsp3) is 0.800. The number of rotatable bonds is 1. The van der Waals surface area contributed by atoms with Crippen LogP contribution in [0.5, 0.6) is 0 Å². The van der Waals surface area contributed by atoms with E-state index in [4.69, 9.17) is 9.47 Å². The molecule has 1 spiro atoms. The van der Waals surface area contributed by atoms with Crippen LogP contribution in [0.1, 0.15) is 20.3 Å². The van der Waals surface area contributed by atoms with Gasteiger partial charge in [-0.2, -0.15) is 0 Å². The van der Waals surface area contributed by atoms with Crippen LogP contribution in [0.4, 0.5) is 0 Å². The van der Waals surface area contributed by atoms with E-state index in [9.17, 15) is 20.1 Å². The molecule has 7 atom stereocenters. The summed E-state index contributed by atoms with van der Waals surface area (Å²) in [6.07, 6.45) is -1.14. The standard InChI is InChI=1S/C15H20O6/c1-7-3-9-14(5-16,11(19)10(7)18)13(2)4-8(17)12(21-9)15(13)6-20-15/h3,8-9,11-12,16-17,19H,4-6H2,1-2H3/t8-,9-,11-,12-,13?,14-,15?/m1/s1. The zero-order valence-corrected chi connectivity index (χ0v) is 12.1. The summed E-state index contributed by atoms with van der Waals surface area (Å²) in [7, 11) is 0. The van der Waals surface area contributed by atoms with Gasteiger partial charge >= 0.3 is 0 Å².